The molecule has 1 fully saturated rings. The fraction of sp³-hybridized carbons (Fsp3) is 0.276. The number of aromatic nitrogens is 4. The summed E-state index contributed by atoms with van der Waals surface area (Å²) in [5, 5.41) is 19.6. The summed E-state index contributed by atoms with van der Waals surface area (Å²) in [7, 11) is 0. The lowest BCUT2D eigenvalue weighted by Crippen LogP contribution is -2.23. The highest BCUT2D eigenvalue weighted by Gasteiger charge is 2.41. The molecular weight excluding hydrogens is 486 g/mol. The Morgan fingerprint density at radius 1 is 1.08 bits per heavy atom. The quantitative estimate of drug-likeness (QED) is 0.388. The largest absolute Gasteiger partial charge is 0.382 e. The molecular formula is C29H26ClN5O2. The summed E-state index contributed by atoms with van der Waals surface area (Å²) in [5.41, 5.74) is 4.52. The van der Waals surface area contributed by atoms with Crippen molar-refractivity contribution in [2.75, 3.05) is 0 Å². The number of nitrogens with zero attached hydrogens (tertiary/aromatic N) is 5. The molecule has 7 nitrogen and oxygen atoms in total. The average Bonchev–Trinajstić information content (AvgIpc) is 3.68. The van der Waals surface area contributed by atoms with E-state index < -0.39 is 5.60 Å². The van der Waals surface area contributed by atoms with E-state index in [-0.39, 0.29) is 28.2 Å². The minimum atomic E-state index is -1.20. The zero-order valence-electron chi connectivity index (χ0n) is 21.0. The van der Waals surface area contributed by atoms with Crippen LogP contribution in [-0.2, 0) is 5.60 Å². The highest BCUT2D eigenvalue weighted by atomic mass is 35.5. The first kappa shape index (κ1) is 24.8. The summed E-state index contributed by atoms with van der Waals surface area (Å²) < 4.78 is 1.61. The smallest absolute Gasteiger partial charge is 0.274 e. The number of hydrogen-bond donors (Lipinski definition) is 1. The second-order valence-corrected chi connectivity index (χ2v) is 10.4. The number of halogens is 1. The van der Waals surface area contributed by atoms with Crippen molar-refractivity contribution in [3.63, 3.8) is 0 Å². The summed E-state index contributed by atoms with van der Waals surface area (Å²) in [5.74, 6) is 0.727. The Morgan fingerprint density at radius 3 is 2.49 bits per heavy atom. The van der Waals surface area contributed by atoms with Gasteiger partial charge in [0.15, 0.2) is 5.82 Å². The van der Waals surface area contributed by atoms with Gasteiger partial charge < -0.3 is 5.11 Å². The number of rotatable bonds is 5. The maximum Gasteiger partial charge on any atom is 0.274 e. The Morgan fingerprint density at radius 2 is 1.81 bits per heavy atom. The van der Waals surface area contributed by atoms with E-state index in [2.05, 4.69) is 21.0 Å². The summed E-state index contributed by atoms with van der Waals surface area (Å²) in [4.78, 5) is 26.7. The van der Waals surface area contributed by atoms with Gasteiger partial charge in [0.25, 0.3) is 5.56 Å². The topological polar surface area (TPSA) is 105 Å². The molecule has 0 radical (unpaired) electrons. The van der Waals surface area contributed by atoms with Gasteiger partial charge in [-0.2, -0.15) is 5.26 Å². The third-order valence-corrected chi connectivity index (χ3v) is 7.18. The van der Waals surface area contributed by atoms with E-state index in [0.717, 1.165) is 28.8 Å². The predicted octanol–water partition coefficient (Wildman–Crippen LogP) is 5.33. The van der Waals surface area contributed by atoms with E-state index in [1.165, 1.54) is 0 Å². The van der Waals surface area contributed by atoms with Crippen LogP contribution in [-0.4, -0.2) is 24.6 Å². The molecule has 8 heteroatoms. The molecule has 5 rings (SSSR count). The van der Waals surface area contributed by atoms with Gasteiger partial charge in [-0.3, -0.25) is 14.3 Å². The van der Waals surface area contributed by atoms with Crippen molar-refractivity contribution in [2.24, 2.45) is 0 Å². The molecule has 0 saturated heterocycles. The van der Waals surface area contributed by atoms with E-state index in [1.807, 2.05) is 50.2 Å². The first-order valence-corrected chi connectivity index (χ1v) is 12.4. The van der Waals surface area contributed by atoms with Gasteiger partial charge in [0.2, 0.25) is 0 Å². The molecule has 0 aliphatic heterocycles. The third kappa shape index (κ3) is 4.66. The molecule has 1 aromatic carbocycles. The van der Waals surface area contributed by atoms with Crippen LogP contribution in [0.4, 0.5) is 0 Å². The lowest BCUT2D eigenvalue weighted by molar-refractivity contribution is 0.0688. The lowest BCUT2D eigenvalue weighted by atomic mass is 10.0. The molecule has 0 amide bonds. The highest BCUT2D eigenvalue weighted by Crippen LogP contribution is 2.55. The number of nitriles is 1. The molecule has 0 spiro atoms. The van der Waals surface area contributed by atoms with Gasteiger partial charge in [0, 0.05) is 18.1 Å². The van der Waals surface area contributed by atoms with Gasteiger partial charge in [0.05, 0.1) is 28.7 Å². The van der Waals surface area contributed by atoms with E-state index >= 15 is 0 Å². The van der Waals surface area contributed by atoms with Crippen molar-refractivity contribution in [3.05, 3.63) is 104 Å². The minimum absolute atomic E-state index is 0.164. The van der Waals surface area contributed by atoms with Crippen molar-refractivity contribution < 1.29 is 5.11 Å². The average molecular weight is 512 g/mol. The van der Waals surface area contributed by atoms with E-state index in [4.69, 9.17) is 16.9 Å². The first-order chi connectivity index (χ1) is 17.6. The minimum Gasteiger partial charge on any atom is -0.382 e. The molecule has 2 atom stereocenters. The van der Waals surface area contributed by atoms with E-state index in [9.17, 15) is 9.90 Å². The normalized spacial score (nSPS) is 16.9. The number of benzene rings is 1. The number of pyridine rings is 2. The van der Waals surface area contributed by atoms with Crippen LogP contribution in [0.25, 0.3) is 17.1 Å². The molecule has 1 saturated carbocycles. The van der Waals surface area contributed by atoms with Crippen LogP contribution in [0, 0.1) is 25.2 Å². The van der Waals surface area contributed by atoms with Crippen LogP contribution in [0.2, 0.25) is 5.02 Å². The molecule has 0 unspecified atom stereocenters. The van der Waals surface area contributed by atoms with Crippen molar-refractivity contribution in [1.29, 1.82) is 5.26 Å². The maximum atomic E-state index is 13.6. The number of aliphatic hydroxyl groups is 1. The molecule has 1 N–H and O–H groups in total. The number of aryl methyl sites for hydroxylation is 2. The molecule has 186 valence electrons. The molecule has 37 heavy (non-hydrogen) atoms. The van der Waals surface area contributed by atoms with E-state index in [0.29, 0.717) is 22.6 Å². The zero-order valence-corrected chi connectivity index (χ0v) is 21.8. The first-order valence-electron chi connectivity index (χ1n) is 12.0. The van der Waals surface area contributed by atoms with Crippen molar-refractivity contribution in [1.82, 2.24) is 19.5 Å². The molecule has 4 aromatic rings. The van der Waals surface area contributed by atoms with Crippen LogP contribution in [0.1, 0.15) is 65.9 Å². The molecule has 1 aliphatic rings. The molecule has 1 aliphatic carbocycles. The fourth-order valence-electron chi connectivity index (χ4n) is 4.71. The Hall–Kier alpha value is -3.86. The fourth-order valence-corrected chi connectivity index (χ4v) is 4.99. The molecule has 3 aromatic heterocycles. The van der Waals surface area contributed by atoms with Crippen LogP contribution in [0.3, 0.4) is 0 Å². The Kier molecular flexibility index (Phi) is 6.18. The van der Waals surface area contributed by atoms with Gasteiger partial charge >= 0.3 is 0 Å². The number of hydrogen-bond acceptors (Lipinski definition) is 6. The molecule has 0 bridgehead atoms. The predicted molar refractivity (Wildman–Crippen MR) is 142 cm³/mol. The second-order valence-electron chi connectivity index (χ2n) is 10.1. The Bertz CT molecular complexity index is 1610. The van der Waals surface area contributed by atoms with Crippen molar-refractivity contribution in [3.8, 4) is 23.1 Å². The SMILES string of the molecule is Cc1cnc(-c2ccnc(C(C)(C)O)n2)cc1-n1c(C)cc([C@H]2C[C@@H]2c2ccc(C#N)cc2)c(Cl)c1=O. The Balaban J connectivity index is 1.52. The van der Waals surface area contributed by atoms with Crippen LogP contribution in [0.5, 0.6) is 0 Å². The highest BCUT2D eigenvalue weighted by molar-refractivity contribution is 6.31. The van der Waals surface area contributed by atoms with Gasteiger partial charge in [-0.25, -0.2) is 9.97 Å². The van der Waals surface area contributed by atoms with E-state index in [1.54, 1.807) is 36.9 Å². The summed E-state index contributed by atoms with van der Waals surface area (Å²) in [6.45, 7) is 7.04. The third-order valence-electron chi connectivity index (χ3n) is 6.80. The summed E-state index contributed by atoms with van der Waals surface area (Å²) in [6.07, 6.45) is 4.19. The standard InChI is InChI=1S/C29H26ClN5O2/c1-16-15-33-24(23-9-10-32-28(34-23)29(3,4)37)13-25(16)35-17(2)11-22(26(30)27(35)36)21-12-20(21)19-7-5-18(14-31)6-8-19/h5-11,13,15,20-21,37H,12H2,1-4H3/t20-,21+/m1/s1. The van der Waals surface area contributed by atoms with Crippen LogP contribution < -0.4 is 5.56 Å². The van der Waals surface area contributed by atoms with Gasteiger partial charge in [-0.15, -0.1) is 0 Å². The second kappa shape index (κ2) is 9.22. The molecule has 3 heterocycles. The summed E-state index contributed by atoms with van der Waals surface area (Å²) in [6, 6.07) is 15.3. The van der Waals surface area contributed by atoms with Crippen molar-refractivity contribution in [2.45, 2.75) is 51.6 Å². The zero-order chi connectivity index (χ0) is 26.5. The van der Waals surface area contributed by atoms with Crippen LogP contribution >= 0.6 is 11.6 Å². The van der Waals surface area contributed by atoms with Gasteiger partial charge in [-0.05, 0) is 93.0 Å². The maximum absolute atomic E-state index is 13.6. The Labute approximate surface area is 220 Å². The monoisotopic (exact) mass is 511 g/mol. The van der Waals surface area contributed by atoms with Gasteiger partial charge in [-0.1, -0.05) is 23.7 Å². The summed E-state index contributed by atoms with van der Waals surface area (Å²) >= 11 is 6.70. The lowest BCUT2D eigenvalue weighted by Gasteiger charge is -2.17. The van der Waals surface area contributed by atoms with Crippen LogP contribution in [0.15, 0.2) is 59.7 Å². The van der Waals surface area contributed by atoms with Gasteiger partial charge in [0.1, 0.15) is 10.6 Å². The van der Waals surface area contributed by atoms with Crippen molar-refractivity contribution >= 4 is 11.6 Å².